The Balaban J connectivity index is 2.15. The van der Waals surface area contributed by atoms with Crippen molar-refractivity contribution < 1.29 is 4.52 Å². The summed E-state index contributed by atoms with van der Waals surface area (Å²) in [6.07, 6.45) is 1.41. The van der Waals surface area contributed by atoms with Crippen molar-refractivity contribution in [2.24, 2.45) is 0 Å². The molecule has 0 spiro atoms. The predicted molar refractivity (Wildman–Crippen MR) is 68.0 cm³/mol. The molecule has 90 valence electrons. The molecule has 0 unspecified atom stereocenters. The summed E-state index contributed by atoms with van der Waals surface area (Å²) in [6, 6.07) is 0. The first-order valence-electron chi connectivity index (χ1n) is 4.91. The quantitative estimate of drug-likeness (QED) is 0.881. The fraction of sp³-hybridized carbons (Fsp3) is 0.300. The molecule has 17 heavy (non-hydrogen) atoms. The number of halogens is 2. The SMILES string of the molecule is Cc1noc(C)c1CNc1ncnc(Cl)c1Br. The molecule has 0 aliphatic rings. The fourth-order valence-electron chi connectivity index (χ4n) is 1.40. The molecule has 0 fully saturated rings. The van der Waals surface area contributed by atoms with E-state index in [1.807, 2.05) is 13.8 Å². The standard InChI is InChI=1S/C10H10BrClN4O/c1-5-7(6(2)17-16-5)3-13-10-8(11)9(12)14-4-15-10/h4H,3H2,1-2H3,(H,13,14,15). The van der Waals surface area contributed by atoms with E-state index in [2.05, 4.69) is 36.4 Å². The molecule has 2 aromatic rings. The normalized spacial score (nSPS) is 10.6. The van der Waals surface area contributed by atoms with Gasteiger partial charge in [0.1, 0.15) is 23.1 Å². The van der Waals surface area contributed by atoms with E-state index >= 15 is 0 Å². The van der Waals surface area contributed by atoms with Gasteiger partial charge in [-0.05, 0) is 29.8 Å². The Hall–Kier alpha value is -1.14. The molecule has 0 aliphatic carbocycles. The molecule has 0 aliphatic heterocycles. The van der Waals surface area contributed by atoms with Crippen LogP contribution in [0.3, 0.4) is 0 Å². The molecule has 7 heteroatoms. The van der Waals surface area contributed by atoms with Gasteiger partial charge in [0.2, 0.25) is 0 Å². The second-order valence-corrected chi connectivity index (χ2v) is 4.63. The smallest absolute Gasteiger partial charge is 0.148 e. The van der Waals surface area contributed by atoms with Crippen molar-refractivity contribution in [3.63, 3.8) is 0 Å². The second kappa shape index (κ2) is 5.01. The van der Waals surface area contributed by atoms with Crippen molar-refractivity contribution in [1.29, 1.82) is 0 Å². The van der Waals surface area contributed by atoms with Crippen LogP contribution in [0.2, 0.25) is 5.15 Å². The highest BCUT2D eigenvalue weighted by Gasteiger charge is 2.11. The van der Waals surface area contributed by atoms with Gasteiger partial charge in [0.25, 0.3) is 0 Å². The zero-order valence-corrected chi connectivity index (χ0v) is 11.6. The minimum atomic E-state index is 0.376. The van der Waals surface area contributed by atoms with Crippen molar-refractivity contribution in [3.8, 4) is 0 Å². The van der Waals surface area contributed by atoms with Crippen LogP contribution in [-0.4, -0.2) is 15.1 Å². The zero-order chi connectivity index (χ0) is 12.4. The van der Waals surface area contributed by atoms with E-state index in [0.717, 1.165) is 17.0 Å². The Labute approximate surface area is 112 Å². The lowest BCUT2D eigenvalue weighted by Crippen LogP contribution is -2.04. The maximum absolute atomic E-state index is 5.87. The summed E-state index contributed by atoms with van der Waals surface area (Å²) >= 11 is 9.19. The maximum atomic E-state index is 5.87. The molecule has 5 nitrogen and oxygen atoms in total. The van der Waals surface area contributed by atoms with Crippen LogP contribution in [-0.2, 0) is 6.54 Å². The molecule has 2 heterocycles. The lowest BCUT2D eigenvalue weighted by atomic mass is 10.2. The molecule has 0 amide bonds. The lowest BCUT2D eigenvalue weighted by Gasteiger charge is -2.07. The van der Waals surface area contributed by atoms with Gasteiger partial charge in [-0.15, -0.1) is 0 Å². The number of hydrogen-bond acceptors (Lipinski definition) is 5. The summed E-state index contributed by atoms with van der Waals surface area (Å²) in [5.74, 6) is 1.44. The average molecular weight is 318 g/mol. The predicted octanol–water partition coefficient (Wildman–Crippen LogP) is 3.11. The van der Waals surface area contributed by atoms with Gasteiger partial charge in [-0.1, -0.05) is 16.8 Å². The molecular weight excluding hydrogens is 307 g/mol. The molecular formula is C10H10BrClN4O. The van der Waals surface area contributed by atoms with Crippen LogP contribution in [0.1, 0.15) is 17.0 Å². The average Bonchev–Trinajstić information content (AvgIpc) is 2.62. The number of aryl methyl sites for hydroxylation is 2. The van der Waals surface area contributed by atoms with E-state index in [9.17, 15) is 0 Å². The van der Waals surface area contributed by atoms with Gasteiger partial charge >= 0.3 is 0 Å². The molecule has 0 aromatic carbocycles. The third-order valence-corrected chi connectivity index (χ3v) is 3.63. The number of nitrogens with one attached hydrogen (secondary N) is 1. The van der Waals surface area contributed by atoms with Gasteiger partial charge in [-0.25, -0.2) is 9.97 Å². The van der Waals surface area contributed by atoms with Crippen LogP contribution >= 0.6 is 27.5 Å². The fourth-order valence-corrected chi connectivity index (χ4v) is 1.88. The summed E-state index contributed by atoms with van der Waals surface area (Å²) < 4.78 is 5.72. The monoisotopic (exact) mass is 316 g/mol. The molecule has 0 bridgehead atoms. The van der Waals surface area contributed by atoms with E-state index in [0.29, 0.717) is 22.0 Å². The minimum absolute atomic E-state index is 0.376. The van der Waals surface area contributed by atoms with Crippen LogP contribution in [0.4, 0.5) is 5.82 Å². The minimum Gasteiger partial charge on any atom is -0.365 e. The Morgan fingerprint density at radius 3 is 2.82 bits per heavy atom. The maximum Gasteiger partial charge on any atom is 0.148 e. The van der Waals surface area contributed by atoms with Gasteiger partial charge in [0.15, 0.2) is 0 Å². The summed E-state index contributed by atoms with van der Waals surface area (Å²) in [5, 5.41) is 7.41. The van der Waals surface area contributed by atoms with Crippen LogP contribution in [0.15, 0.2) is 15.3 Å². The van der Waals surface area contributed by atoms with E-state index in [-0.39, 0.29) is 0 Å². The number of nitrogens with zero attached hydrogens (tertiary/aromatic N) is 3. The lowest BCUT2D eigenvalue weighted by molar-refractivity contribution is 0.392. The van der Waals surface area contributed by atoms with Gasteiger partial charge in [0, 0.05) is 12.1 Å². The molecule has 0 saturated carbocycles. The Morgan fingerprint density at radius 1 is 1.41 bits per heavy atom. The topological polar surface area (TPSA) is 63.8 Å². The van der Waals surface area contributed by atoms with Crippen molar-refractivity contribution in [3.05, 3.63) is 33.0 Å². The number of aromatic nitrogens is 3. The molecule has 1 N–H and O–H groups in total. The van der Waals surface area contributed by atoms with Crippen molar-refractivity contribution in [1.82, 2.24) is 15.1 Å². The van der Waals surface area contributed by atoms with Crippen molar-refractivity contribution in [2.45, 2.75) is 20.4 Å². The van der Waals surface area contributed by atoms with E-state index in [4.69, 9.17) is 16.1 Å². The third-order valence-electron chi connectivity index (χ3n) is 2.36. The number of rotatable bonds is 3. The highest BCUT2D eigenvalue weighted by molar-refractivity contribution is 9.10. The number of hydrogen-bond donors (Lipinski definition) is 1. The summed E-state index contributed by atoms with van der Waals surface area (Å²) in [6.45, 7) is 4.35. The van der Waals surface area contributed by atoms with Crippen LogP contribution in [0.5, 0.6) is 0 Å². The van der Waals surface area contributed by atoms with Gasteiger partial charge < -0.3 is 9.84 Å². The van der Waals surface area contributed by atoms with Gasteiger partial charge in [-0.2, -0.15) is 0 Å². The van der Waals surface area contributed by atoms with Crippen LogP contribution < -0.4 is 5.32 Å². The van der Waals surface area contributed by atoms with E-state index < -0.39 is 0 Å². The molecule has 0 atom stereocenters. The largest absolute Gasteiger partial charge is 0.365 e. The molecule has 0 saturated heterocycles. The van der Waals surface area contributed by atoms with Crippen molar-refractivity contribution in [2.75, 3.05) is 5.32 Å². The molecule has 2 aromatic heterocycles. The van der Waals surface area contributed by atoms with Crippen molar-refractivity contribution >= 4 is 33.3 Å². The van der Waals surface area contributed by atoms with Gasteiger partial charge in [-0.3, -0.25) is 0 Å². The Morgan fingerprint density at radius 2 is 2.18 bits per heavy atom. The van der Waals surface area contributed by atoms with E-state index in [1.165, 1.54) is 6.33 Å². The van der Waals surface area contributed by atoms with Crippen LogP contribution in [0.25, 0.3) is 0 Å². The summed E-state index contributed by atoms with van der Waals surface area (Å²) in [4.78, 5) is 7.95. The van der Waals surface area contributed by atoms with Gasteiger partial charge in [0.05, 0.1) is 10.2 Å². The first-order chi connectivity index (χ1) is 8.09. The first-order valence-corrected chi connectivity index (χ1v) is 6.08. The highest BCUT2D eigenvalue weighted by atomic mass is 79.9. The highest BCUT2D eigenvalue weighted by Crippen LogP contribution is 2.26. The number of anilines is 1. The summed E-state index contributed by atoms with van der Waals surface area (Å²) in [7, 11) is 0. The third kappa shape index (κ3) is 2.58. The molecule has 0 radical (unpaired) electrons. The summed E-state index contributed by atoms with van der Waals surface area (Å²) in [5.41, 5.74) is 1.89. The van der Waals surface area contributed by atoms with E-state index in [1.54, 1.807) is 0 Å². The Bertz CT molecular complexity index is 524. The molecule has 2 rings (SSSR count). The van der Waals surface area contributed by atoms with Crippen LogP contribution in [0, 0.1) is 13.8 Å². The second-order valence-electron chi connectivity index (χ2n) is 3.48. The first kappa shape index (κ1) is 12.3. The zero-order valence-electron chi connectivity index (χ0n) is 9.29. The Kier molecular flexibility index (Phi) is 3.63.